The fraction of sp³-hybridized carbons (Fsp3) is 0.500. The summed E-state index contributed by atoms with van der Waals surface area (Å²) in [5, 5.41) is 0. The van der Waals surface area contributed by atoms with Gasteiger partial charge in [0.05, 0.1) is 0 Å². The van der Waals surface area contributed by atoms with Gasteiger partial charge in [-0.25, -0.2) is 0 Å². The molecule has 2 amide bonds. The Morgan fingerprint density at radius 2 is 1.81 bits per heavy atom. The number of amides is 2. The molecule has 1 saturated heterocycles. The number of nitrogens with one attached hydrogen (secondary N) is 2. The van der Waals surface area contributed by atoms with E-state index in [1.54, 1.807) is 12.1 Å². The highest BCUT2D eigenvalue weighted by molar-refractivity contribution is 5.95. The van der Waals surface area contributed by atoms with Crippen molar-refractivity contribution in [1.29, 1.82) is 0 Å². The van der Waals surface area contributed by atoms with Crippen molar-refractivity contribution in [2.75, 3.05) is 6.61 Å². The van der Waals surface area contributed by atoms with Crippen molar-refractivity contribution in [2.24, 2.45) is 0 Å². The maximum Gasteiger partial charge on any atom is 0.269 e. The van der Waals surface area contributed by atoms with Gasteiger partial charge in [0, 0.05) is 12.2 Å². The van der Waals surface area contributed by atoms with Gasteiger partial charge in [-0.2, -0.15) is 0 Å². The van der Waals surface area contributed by atoms with E-state index in [-0.39, 0.29) is 17.2 Å². The van der Waals surface area contributed by atoms with Crippen LogP contribution in [-0.4, -0.2) is 24.5 Å². The molecule has 0 aromatic heterocycles. The first-order chi connectivity index (χ1) is 9.88. The molecule has 1 aromatic rings. The van der Waals surface area contributed by atoms with E-state index in [0.717, 1.165) is 12.0 Å². The zero-order valence-corrected chi connectivity index (χ0v) is 12.7. The molecule has 0 unspecified atom stereocenters. The molecule has 114 valence electrons. The summed E-state index contributed by atoms with van der Waals surface area (Å²) >= 11 is 0. The molecule has 0 bridgehead atoms. The van der Waals surface area contributed by atoms with E-state index in [4.69, 9.17) is 4.74 Å². The molecule has 0 aliphatic carbocycles. The van der Waals surface area contributed by atoms with Gasteiger partial charge >= 0.3 is 0 Å². The highest BCUT2D eigenvalue weighted by Crippen LogP contribution is 2.22. The quantitative estimate of drug-likeness (QED) is 0.818. The standard InChI is InChI=1S/C16H22N2O3/c1-16(2,3)12-8-6-11(7-9-12)14(19)17-18-15(20)13-5-4-10-21-13/h6-9,13H,4-5,10H2,1-3H3,(H,17,19)(H,18,20)/t13-/m0/s1. The summed E-state index contributed by atoms with van der Waals surface area (Å²) in [5.74, 6) is -0.631. The van der Waals surface area contributed by atoms with Crippen LogP contribution in [0.25, 0.3) is 0 Å². The molecule has 1 aromatic carbocycles. The second kappa shape index (κ2) is 6.26. The van der Waals surface area contributed by atoms with Crippen LogP contribution in [0.4, 0.5) is 0 Å². The normalized spacial score (nSPS) is 18.3. The molecular weight excluding hydrogens is 268 g/mol. The average molecular weight is 290 g/mol. The first-order valence-electron chi connectivity index (χ1n) is 7.20. The van der Waals surface area contributed by atoms with Crippen molar-refractivity contribution in [3.05, 3.63) is 35.4 Å². The van der Waals surface area contributed by atoms with Crippen molar-refractivity contribution in [3.63, 3.8) is 0 Å². The van der Waals surface area contributed by atoms with E-state index in [0.29, 0.717) is 18.6 Å². The van der Waals surface area contributed by atoms with Gasteiger partial charge in [0.15, 0.2) is 0 Å². The lowest BCUT2D eigenvalue weighted by Crippen LogP contribution is -2.46. The minimum atomic E-state index is -0.450. The van der Waals surface area contributed by atoms with E-state index in [2.05, 4.69) is 31.6 Å². The molecule has 0 spiro atoms. The third-order valence-corrected chi connectivity index (χ3v) is 3.53. The summed E-state index contributed by atoms with van der Waals surface area (Å²) < 4.78 is 5.24. The summed E-state index contributed by atoms with van der Waals surface area (Å²) in [6.45, 7) is 6.94. The molecule has 1 aliphatic heterocycles. The highest BCUT2D eigenvalue weighted by atomic mass is 16.5. The predicted octanol–water partition coefficient (Wildman–Crippen LogP) is 1.92. The number of carbonyl (C=O) groups is 2. The summed E-state index contributed by atoms with van der Waals surface area (Å²) in [6, 6.07) is 7.37. The monoisotopic (exact) mass is 290 g/mol. The SMILES string of the molecule is CC(C)(C)c1ccc(C(=O)NNC(=O)[C@@H]2CCCO2)cc1. The van der Waals surface area contributed by atoms with Gasteiger partial charge in [0.25, 0.3) is 11.8 Å². The Hall–Kier alpha value is -1.88. The van der Waals surface area contributed by atoms with Crippen LogP contribution in [0.1, 0.15) is 49.5 Å². The number of ether oxygens (including phenoxy) is 1. The van der Waals surface area contributed by atoms with Crippen LogP contribution in [0.2, 0.25) is 0 Å². The number of rotatable bonds is 2. The second-order valence-corrected chi connectivity index (χ2v) is 6.27. The topological polar surface area (TPSA) is 67.4 Å². The van der Waals surface area contributed by atoms with Crippen LogP contribution in [0, 0.1) is 0 Å². The van der Waals surface area contributed by atoms with Gasteiger partial charge in [0.2, 0.25) is 0 Å². The fourth-order valence-corrected chi connectivity index (χ4v) is 2.18. The van der Waals surface area contributed by atoms with Gasteiger partial charge in [-0.1, -0.05) is 32.9 Å². The molecule has 1 fully saturated rings. The minimum absolute atomic E-state index is 0.0447. The van der Waals surface area contributed by atoms with Gasteiger partial charge in [-0.05, 0) is 36.0 Å². The van der Waals surface area contributed by atoms with E-state index < -0.39 is 6.10 Å². The third kappa shape index (κ3) is 4.04. The zero-order chi connectivity index (χ0) is 15.5. The number of carbonyl (C=O) groups excluding carboxylic acids is 2. The Morgan fingerprint density at radius 3 is 2.33 bits per heavy atom. The molecule has 2 N–H and O–H groups in total. The molecule has 5 nitrogen and oxygen atoms in total. The summed E-state index contributed by atoms with van der Waals surface area (Å²) in [5.41, 5.74) is 6.53. The number of benzene rings is 1. The lowest BCUT2D eigenvalue weighted by molar-refractivity contribution is -0.130. The molecule has 2 rings (SSSR count). The lowest BCUT2D eigenvalue weighted by Gasteiger charge is -2.19. The fourth-order valence-electron chi connectivity index (χ4n) is 2.18. The van der Waals surface area contributed by atoms with E-state index in [1.807, 2.05) is 12.1 Å². The van der Waals surface area contributed by atoms with Crippen LogP contribution < -0.4 is 10.9 Å². The van der Waals surface area contributed by atoms with Crippen molar-refractivity contribution in [3.8, 4) is 0 Å². The predicted molar refractivity (Wildman–Crippen MR) is 79.7 cm³/mol. The lowest BCUT2D eigenvalue weighted by atomic mass is 9.87. The van der Waals surface area contributed by atoms with Crippen LogP contribution in [0.3, 0.4) is 0 Å². The first kappa shape index (κ1) is 15.5. The molecule has 0 saturated carbocycles. The Balaban J connectivity index is 1.89. The molecule has 1 aliphatic rings. The average Bonchev–Trinajstić information content (AvgIpc) is 2.98. The van der Waals surface area contributed by atoms with E-state index >= 15 is 0 Å². The largest absolute Gasteiger partial charge is 0.368 e. The minimum Gasteiger partial charge on any atom is -0.368 e. The second-order valence-electron chi connectivity index (χ2n) is 6.27. The van der Waals surface area contributed by atoms with E-state index in [1.165, 1.54) is 0 Å². The highest BCUT2D eigenvalue weighted by Gasteiger charge is 2.23. The molecule has 1 heterocycles. The van der Waals surface area contributed by atoms with Crippen LogP contribution in [0.15, 0.2) is 24.3 Å². The Kier molecular flexibility index (Phi) is 4.63. The molecule has 21 heavy (non-hydrogen) atoms. The van der Waals surface area contributed by atoms with Gasteiger partial charge in [-0.15, -0.1) is 0 Å². The van der Waals surface area contributed by atoms with Crippen LogP contribution in [-0.2, 0) is 14.9 Å². The molecule has 0 radical (unpaired) electrons. The van der Waals surface area contributed by atoms with Crippen molar-refractivity contribution in [2.45, 2.75) is 45.1 Å². The number of hydrazine groups is 1. The zero-order valence-electron chi connectivity index (χ0n) is 12.7. The summed E-state index contributed by atoms with van der Waals surface area (Å²) in [4.78, 5) is 23.7. The Labute approximate surface area is 125 Å². The maximum atomic E-state index is 12.0. The smallest absolute Gasteiger partial charge is 0.269 e. The molecule has 5 heteroatoms. The third-order valence-electron chi connectivity index (χ3n) is 3.53. The number of hydrogen-bond donors (Lipinski definition) is 2. The van der Waals surface area contributed by atoms with Crippen LogP contribution in [0.5, 0.6) is 0 Å². The number of hydrogen-bond acceptors (Lipinski definition) is 3. The Bertz CT molecular complexity index is 511. The maximum absolute atomic E-state index is 12.0. The van der Waals surface area contributed by atoms with Crippen molar-refractivity contribution >= 4 is 11.8 Å². The van der Waals surface area contributed by atoms with E-state index in [9.17, 15) is 9.59 Å². The van der Waals surface area contributed by atoms with Gasteiger partial charge in [0.1, 0.15) is 6.10 Å². The van der Waals surface area contributed by atoms with Gasteiger partial charge in [-0.3, -0.25) is 20.4 Å². The molecule has 1 atom stereocenters. The summed E-state index contributed by atoms with van der Waals surface area (Å²) in [6.07, 6.45) is 1.12. The van der Waals surface area contributed by atoms with Crippen molar-refractivity contribution in [1.82, 2.24) is 10.9 Å². The van der Waals surface area contributed by atoms with Crippen LogP contribution >= 0.6 is 0 Å². The van der Waals surface area contributed by atoms with Gasteiger partial charge < -0.3 is 4.74 Å². The van der Waals surface area contributed by atoms with Crippen molar-refractivity contribution < 1.29 is 14.3 Å². The first-order valence-corrected chi connectivity index (χ1v) is 7.20. The molecular formula is C16H22N2O3. The Morgan fingerprint density at radius 1 is 1.14 bits per heavy atom. The summed E-state index contributed by atoms with van der Waals surface area (Å²) in [7, 11) is 0.